The van der Waals surface area contributed by atoms with Crippen LogP contribution in [0.3, 0.4) is 0 Å². The monoisotopic (exact) mass is 993 g/mol. The zero-order valence-electron chi connectivity index (χ0n) is 33.0. The lowest BCUT2D eigenvalue weighted by Crippen LogP contribution is -2.02. The molecule has 0 unspecified atom stereocenters. The van der Waals surface area contributed by atoms with Crippen molar-refractivity contribution in [1.29, 1.82) is 0 Å². The summed E-state index contributed by atoms with van der Waals surface area (Å²) in [4.78, 5) is 6.65. The molecule has 0 aliphatic heterocycles. The van der Waals surface area contributed by atoms with Crippen molar-refractivity contribution in [3.05, 3.63) is 113 Å². The van der Waals surface area contributed by atoms with Gasteiger partial charge in [-0.15, -0.1) is 20.5 Å². The molecule has 25 nitrogen and oxygen atoms in total. The van der Waals surface area contributed by atoms with Crippen LogP contribution < -0.4 is 11.5 Å². The van der Waals surface area contributed by atoms with Gasteiger partial charge in [0.1, 0.15) is 37.4 Å². The molecule has 10 N–H and O–H groups in total. The third-order valence-corrected chi connectivity index (χ3v) is 13.0. The number of nitrogen functional groups attached to an aromatic ring is 2. The van der Waals surface area contributed by atoms with E-state index >= 15 is 0 Å². The maximum Gasteiger partial charge on any atom is 0.297 e. The highest BCUT2D eigenvalue weighted by molar-refractivity contribution is 7.86. The van der Waals surface area contributed by atoms with Crippen LogP contribution in [-0.2, 0) is 40.5 Å². The molecule has 0 saturated carbocycles. The summed E-state index contributed by atoms with van der Waals surface area (Å²) in [5.74, 6) is -1.69. The molecule has 0 aliphatic carbocycles. The largest absolute Gasteiger partial charge is 0.505 e. The van der Waals surface area contributed by atoms with E-state index in [0.29, 0.717) is 17.2 Å². The van der Waals surface area contributed by atoms with Crippen molar-refractivity contribution in [2.24, 2.45) is 30.7 Å². The van der Waals surface area contributed by atoms with Crippen molar-refractivity contribution >= 4 is 113 Å². The molecule has 0 spiro atoms. The van der Waals surface area contributed by atoms with Crippen molar-refractivity contribution in [3.63, 3.8) is 0 Å². The molecular formula is C38H27N9O16S4. The summed E-state index contributed by atoms with van der Waals surface area (Å²) in [6, 6.07) is 20.2. The number of nitrogens with zero attached hydrogens (tertiary/aromatic N) is 7. The predicted molar refractivity (Wildman–Crippen MR) is 237 cm³/mol. The van der Waals surface area contributed by atoms with E-state index in [1.165, 1.54) is 36.4 Å². The van der Waals surface area contributed by atoms with Gasteiger partial charge in [-0.2, -0.15) is 43.9 Å². The van der Waals surface area contributed by atoms with Gasteiger partial charge >= 0.3 is 0 Å². The third-order valence-electron chi connectivity index (χ3n) is 9.53. The van der Waals surface area contributed by atoms with Crippen molar-refractivity contribution < 1.29 is 67.0 Å². The van der Waals surface area contributed by atoms with Crippen molar-refractivity contribution in [2.45, 2.75) is 19.6 Å². The minimum atomic E-state index is -5.18. The first-order valence-corrected chi connectivity index (χ1v) is 23.8. The minimum absolute atomic E-state index is 0.124. The molecule has 0 atom stereocenters. The molecule has 7 rings (SSSR count). The molecule has 344 valence electrons. The number of azo groups is 3. The topological polar surface area (TPSA) is 427 Å². The highest BCUT2D eigenvalue weighted by atomic mass is 32.2. The summed E-state index contributed by atoms with van der Waals surface area (Å²) >= 11 is 0. The average Bonchev–Trinajstić information content (AvgIpc) is 3.24. The van der Waals surface area contributed by atoms with E-state index in [0.717, 1.165) is 36.4 Å². The summed E-state index contributed by atoms with van der Waals surface area (Å²) in [5.41, 5.74) is 9.77. The smallest absolute Gasteiger partial charge is 0.297 e. The molecule has 0 fully saturated rings. The molecule has 7 aromatic rings. The number of fused-ring (bicyclic) bond motifs is 2. The van der Waals surface area contributed by atoms with E-state index in [4.69, 9.17) is 11.5 Å². The van der Waals surface area contributed by atoms with Crippen LogP contribution in [0.25, 0.3) is 32.7 Å². The van der Waals surface area contributed by atoms with Crippen LogP contribution in [0.4, 0.5) is 51.2 Å². The number of phenolic OH excluding ortho intramolecular Hbond substituents is 2. The second-order valence-corrected chi connectivity index (χ2v) is 19.4. The average molecular weight is 994 g/mol. The molecule has 0 radical (unpaired) electrons. The van der Waals surface area contributed by atoms with Crippen LogP contribution in [0.1, 0.15) is 0 Å². The normalized spacial score (nSPS) is 12.8. The Morgan fingerprint density at radius 1 is 0.478 bits per heavy atom. The highest BCUT2D eigenvalue weighted by Crippen LogP contribution is 2.47. The molecule has 29 heteroatoms. The molecule has 0 aromatic heterocycles. The fourth-order valence-corrected chi connectivity index (χ4v) is 8.93. The van der Waals surface area contributed by atoms with Gasteiger partial charge in [-0.25, -0.2) is 0 Å². The van der Waals surface area contributed by atoms with Crippen LogP contribution in [0.15, 0.2) is 153 Å². The number of nitro benzene ring substituents is 1. The Kier molecular flexibility index (Phi) is 12.0. The van der Waals surface area contributed by atoms with E-state index in [1.54, 1.807) is 24.3 Å². The Bertz CT molecular complexity index is 3810. The summed E-state index contributed by atoms with van der Waals surface area (Å²) < 4.78 is 136. The number of nitro groups is 1. The number of hydrogen-bond donors (Lipinski definition) is 8. The summed E-state index contributed by atoms with van der Waals surface area (Å²) in [6.45, 7) is 0. The Hall–Kier alpha value is -7.90. The maximum absolute atomic E-state index is 12.6. The van der Waals surface area contributed by atoms with Gasteiger partial charge in [0.2, 0.25) is 0 Å². The lowest BCUT2D eigenvalue weighted by molar-refractivity contribution is -0.385. The number of hydrogen-bond acceptors (Lipinski definition) is 20. The fraction of sp³-hybridized carbons (Fsp3) is 0. The van der Waals surface area contributed by atoms with Gasteiger partial charge in [-0.05, 0) is 83.2 Å². The first-order chi connectivity index (χ1) is 31.2. The summed E-state index contributed by atoms with van der Waals surface area (Å²) in [6.07, 6.45) is 0. The van der Waals surface area contributed by atoms with Gasteiger partial charge in [0.25, 0.3) is 46.2 Å². The zero-order chi connectivity index (χ0) is 49.0. The Morgan fingerprint density at radius 2 is 0.985 bits per heavy atom. The van der Waals surface area contributed by atoms with Crippen LogP contribution in [0.2, 0.25) is 0 Å². The van der Waals surface area contributed by atoms with Crippen molar-refractivity contribution in [2.75, 3.05) is 11.5 Å². The first kappa shape index (κ1) is 47.1. The number of non-ortho nitro benzene ring substituents is 1. The molecule has 0 bridgehead atoms. The lowest BCUT2D eigenvalue weighted by Gasteiger charge is -2.12. The fourth-order valence-electron chi connectivity index (χ4n) is 6.43. The first-order valence-electron chi connectivity index (χ1n) is 18.0. The Labute approximate surface area is 376 Å². The number of phenols is 2. The van der Waals surface area contributed by atoms with E-state index in [-0.39, 0.29) is 50.0 Å². The van der Waals surface area contributed by atoms with Gasteiger partial charge in [0, 0.05) is 34.0 Å². The summed E-state index contributed by atoms with van der Waals surface area (Å²) in [7, 11) is -20.1. The Morgan fingerprint density at radius 3 is 1.49 bits per heavy atom. The van der Waals surface area contributed by atoms with Gasteiger partial charge in [-0.1, -0.05) is 24.3 Å². The molecule has 0 amide bonds. The van der Waals surface area contributed by atoms with Gasteiger partial charge < -0.3 is 21.7 Å². The van der Waals surface area contributed by atoms with Gasteiger partial charge in [0.05, 0.1) is 26.9 Å². The zero-order valence-corrected chi connectivity index (χ0v) is 36.3. The third kappa shape index (κ3) is 9.73. The quantitative estimate of drug-likeness (QED) is 0.0187. The van der Waals surface area contributed by atoms with E-state index < -0.39 is 99.2 Å². The summed E-state index contributed by atoms with van der Waals surface area (Å²) in [5, 5.41) is 55.8. The maximum atomic E-state index is 12.6. The van der Waals surface area contributed by atoms with Crippen LogP contribution in [-0.4, -0.2) is 67.0 Å². The van der Waals surface area contributed by atoms with Crippen LogP contribution in [0.5, 0.6) is 11.5 Å². The van der Waals surface area contributed by atoms with E-state index in [2.05, 4.69) is 30.7 Å². The Balaban J connectivity index is 1.17. The van der Waals surface area contributed by atoms with Gasteiger partial charge in [0.15, 0.2) is 11.5 Å². The standard InChI is InChI=1S/C38H27N9O16S4/c39-27-11-10-25-26(34(27)44-43-29-12-9-23(47(50)51)15-30(29)65(55,56)57)17-32(67(61,62)63)35(37(25)48)45-41-21-5-1-18(2-6-21)19-3-7-22(8-4-19)42-46-36-31(66(58,59)60)14-20-13-24(64(52,53)54)16-28(40)33(20)38(36)49/h1-17,48-49H,39-40H2,(H,52,53,54)(H,55,56,57)(H,58,59,60)(H,61,62,63). The van der Waals surface area contributed by atoms with E-state index in [1.807, 2.05) is 0 Å². The number of aromatic hydroxyl groups is 2. The predicted octanol–water partition coefficient (Wildman–Crippen LogP) is 8.38. The van der Waals surface area contributed by atoms with Crippen molar-refractivity contribution in [1.82, 2.24) is 0 Å². The number of nitrogens with two attached hydrogens (primary N) is 2. The molecule has 0 aliphatic rings. The van der Waals surface area contributed by atoms with Crippen molar-refractivity contribution in [3.8, 4) is 22.6 Å². The molecule has 7 aromatic carbocycles. The molecule has 67 heavy (non-hydrogen) atoms. The number of rotatable bonds is 12. The van der Waals surface area contributed by atoms with Crippen LogP contribution >= 0.6 is 0 Å². The second kappa shape index (κ2) is 17.1. The molecule has 0 heterocycles. The number of anilines is 2. The SMILES string of the molecule is Nc1ccc2c(O)c(N=Nc3ccc(-c4ccc(N=Nc5c(S(=O)(=O)O)cc6cc(S(=O)(=O)O)cc(N)c6c5O)cc4)cc3)c(S(=O)(=O)O)cc2c1N=Nc1ccc([N+](=O)[O-])cc1S(=O)(=O)O. The highest BCUT2D eigenvalue weighted by Gasteiger charge is 2.27. The second-order valence-electron chi connectivity index (χ2n) is 13.9. The van der Waals surface area contributed by atoms with Gasteiger partial charge in [-0.3, -0.25) is 28.3 Å². The molecule has 0 saturated heterocycles. The van der Waals surface area contributed by atoms with Crippen LogP contribution in [0, 0.1) is 10.1 Å². The number of benzene rings is 7. The molecular weight excluding hydrogens is 967 g/mol. The minimum Gasteiger partial charge on any atom is -0.505 e. The lowest BCUT2D eigenvalue weighted by atomic mass is 10.1. The van der Waals surface area contributed by atoms with E-state index in [9.17, 15) is 72.2 Å².